The standard InChI is InChI=1S/C20H24FN5O3S/c1-20(2)10-29-18-16(9-23-26(18)20)30(22,28)25-19(27)24-17-14-5-3-4-11(14)6-12-7-13(21)8-15(12)17/h6,9,13H,3-5,7-8,10H2,1-2H3,(H3,22,24,25,27,28)/t13-,30+/m0/s1. The van der Waals surface area contributed by atoms with E-state index in [1.807, 2.05) is 13.8 Å². The number of anilines is 1. The van der Waals surface area contributed by atoms with E-state index in [2.05, 4.69) is 20.8 Å². The van der Waals surface area contributed by atoms with E-state index in [0.717, 1.165) is 41.5 Å². The summed E-state index contributed by atoms with van der Waals surface area (Å²) in [5.74, 6) is 0.269. The number of ether oxygens (including phenoxy) is 1. The van der Waals surface area contributed by atoms with Crippen LogP contribution in [0.3, 0.4) is 0 Å². The van der Waals surface area contributed by atoms with E-state index in [1.165, 1.54) is 6.20 Å². The number of carbonyl (C=O) groups excluding carboxylic acids is 1. The van der Waals surface area contributed by atoms with Gasteiger partial charge in [0.2, 0.25) is 5.88 Å². The summed E-state index contributed by atoms with van der Waals surface area (Å²) in [4.78, 5) is 12.8. The molecule has 0 unspecified atom stereocenters. The molecular formula is C20H24FN5O3S. The number of fused-ring (bicyclic) bond motifs is 3. The fourth-order valence-corrected chi connectivity index (χ4v) is 5.63. The Bertz CT molecular complexity index is 1200. The molecule has 0 saturated carbocycles. The highest BCUT2D eigenvalue weighted by Crippen LogP contribution is 2.40. The van der Waals surface area contributed by atoms with E-state index in [1.54, 1.807) is 4.68 Å². The van der Waals surface area contributed by atoms with Gasteiger partial charge in [-0.2, -0.15) is 5.10 Å². The van der Waals surface area contributed by atoms with E-state index >= 15 is 0 Å². The molecule has 2 atom stereocenters. The zero-order valence-corrected chi connectivity index (χ0v) is 17.7. The lowest BCUT2D eigenvalue weighted by molar-refractivity contribution is 0.259. The van der Waals surface area contributed by atoms with Gasteiger partial charge >= 0.3 is 6.03 Å². The summed E-state index contributed by atoms with van der Waals surface area (Å²) in [6.07, 6.45) is 3.70. The highest BCUT2D eigenvalue weighted by atomic mass is 32.2. The van der Waals surface area contributed by atoms with E-state index in [-0.39, 0.29) is 17.2 Å². The van der Waals surface area contributed by atoms with Crippen molar-refractivity contribution in [1.29, 1.82) is 0 Å². The maximum atomic E-state index is 14.0. The molecule has 160 valence electrons. The van der Waals surface area contributed by atoms with Crippen molar-refractivity contribution in [3.63, 3.8) is 0 Å². The first-order valence-corrected chi connectivity index (χ1v) is 11.6. The molecule has 0 fully saturated rings. The van der Waals surface area contributed by atoms with Gasteiger partial charge < -0.3 is 10.1 Å². The van der Waals surface area contributed by atoms with E-state index in [0.29, 0.717) is 18.7 Å². The summed E-state index contributed by atoms with van der Waals surface area (Å²) in [5.41, 5.74) is 4.10. The maximum Gasteiger partial charge on any atom is 0.354 e. The van der Waals surface area contributed by atoms with Crippen LogP contribution in [0.4, 0.5) is 14.9 Å². The Morgan fingerprint density at radius 1 is 1.37 bits per heavy atom. The Labute approximate surface area is 174 Å². The average Bonchev–Trinajstić information content (AvgIpc) is 3.39. The van der Waals surface area contributed by atoms with Gasteiger partial charge in [0.25, 0.3) is 0 Å². The van der Waals surface area contributed by atoms with Crippen LogP contribution >= 0.6 is 0 Å². The molecule has 1 aromatic carbocycles. The van der Waals surface area contributed by atoms with Crippen LogP contribution in [0.15, 0.2) is 21.5 Å². The number of hydrogen-bond acceptors (Lipinski definition) is 4. The molecule has 2 aromatic rings. The fourth-order valence-electron chi connectivity index (χ4n) is 4.64. The van der Waals surface area contributed by atoms with Gasteiger partial charge in [-0.05, 0) is 55.4 Å². The summed E-state index contributed by atoms with van der Waals surface area (Å²) in [7, 11) is -3.57. The van der Waals surface area contributed by atoms with Crippen LogP contribution in [-0.2, 0) is 41.1 Å². The van der Waals surface area contributed by atoms with Gasteiger partial charge in [-0.3, -0.25) is 0 Å². The van der Waals surface area contributed by atoms with Crippen molar-refractivity contribution in [2.75, 3.05) is 11.9 Å². The van der Waals surface area contributed by atoms with Crippen molar-refractivity contribution in [2.24, 2.45) is 9.50 Å². The molecule has 3 aliphatic rings. The molecule has 2 amide bonds. The molecule has 1 aliphatic heterocycles. The minimum atomic E-state index is -3.57. The summed E-state index contributed by atoms with van der Waals surface area (Å²) >= 11 is 0. The van der Waals surface area contributed by atoms with Crippen molar-refractivity contribution < 1.29 is 18.1 Å². The van der Waals surface area contributed by atoms with Gasteiger partial charge in [-0.1, -0.05) is 6.07 Å². The first kappa shape index (κ1) is 19.5. The van der Waals surface area contributed by atoms with E-state index in [4.69, 9.17) is 9.88 Å². The molecule has 0 radical (unpaired) electrons. The molecule has 1 aromatic heterocycles. The average molecular weight is 434 g/mol. The topological polar surface area (TPSA) is 112 Å². The number of urea groups is 1. The lowest BCUT2D eigenvalue weighted by Gasteiger charge is -2.15. The molecule has 0 spiro atoms. The van der Waals surface area contributed by atoms with E-state index < -0.39 is 27.7 Å². The Hall–Kier alpha value is -2.46. The number of halogens is 1. The van der Waals surface area contributed by atoms with Gasteiger partial charge in [0.1, 0.15) is 17.7 Å². The lowest BCUT2D eigenvalue weighted by Crippen LogP contribution is -2.26. The number of hydrogen-bond donors (Lipinski definition) is 2. The fraction of sp³-hybridized carbons (Fsp3) is 0.500. The molecule has 2 heterocycles. The van der Waals surface area contributed by atoms with Crippen molar-refractivity contribution in [3.05, 3.63) is 34.5 Å². The normalized spacial score (nSPS) is 22.6. The monoisotopic (exact) mass is 433 g/mol. The van der Waals surface area contributed by atoms with Gasteiger partial charge in [-0.15, -0.1) is 4.36 Å². The maximum absolute atomic E-state index is 14.0. The molecule has 3 N–H and O–H groups in total. The number of nitrogens with two attached hydrogens (primary N) is 1. The molecular weight excluding hydrogens is 409 g/mol. The van der Waals surface area contributed by atoms with Crippen LogP contribution in [0.2, 0.25) is 0 Å². The van der Waals surface area contributed by atoms with Crippen molar-refractivity contribution in [1.82, 2.24) is 9.78 Å². The highest BCUT2D eigenvalue weighted by molar-refractivity contribution is 7.91. The molecule has 8 nitrogen and oxygen atoms in total. The minimum Gasteiger partial charge on any atom is -0.474 e. The molecule has 2 aliphatic carbocycles. The zero-order chi connectivity index (χ0) is 21.3. The van der Waals surface area contributed by atoms with Crippen LogP contribution in [0.5, 0.6) is 5.88 Å². The van der Waals surface area contributed by atoms with Crippen LogP contribution in [-0.4, -0.2) is 32.8 Å². The number of amides is 2. The zero-order valence-electron chi connectivity index (χ0n) is 16.9. The smallest absolute Gasteiger partial charge is 0.354 e. The number of nitrogens with one attached hydrogen (secondary N) is 1. The predicted molar refractivity (Wildman–Crippen MR) is 110 cm³/mol. The van der Waals surface area contributed by atoms with Crippen LogP contribution < -0.4 is 15.2 Å². The first-order valence-electron chi connectivity index (χ1n) is 10.0. The van der Waals surface area contributed by atoms with Gasteiger partial charge in [0.15, 0.2) is 9.92 Å². The first-order chi connectivity index (χ1) is 14.2. The number of alkyl halides is 1. The molecule has 0 bridgehead atoms. The number of aromatic nitrogens is 2. The number of carbonyl (C=O) groups is 1. The number of aryl methyl sites for hydroxylation is 1. The van der Waals surface area contributed by atoms with Gasteiger partial charge in [0, 0.05) is 18.5 Å². The molecule has 5 rings (SSSR count). The predicted octanol–water partition coefficient (Wildman–Crippen LogP) is 2.87. The summed E-state index contributed by atoms with van der Waals surface area (Å²) in [6.45, 7) is 4.21. The highest BCUT2D eigenvalue weighted by Gasteiger charge is 2.37. The van der Waals surface area contributed by atoms with Gasteiger partial charge in [0.05, 0.1) is 11.7 Å². The second-order valence-corrected chi connectivity index (χ2v) is 10.6. The largest absolute Gasteiger partial charge is 0.474 e. The summed E-state index contributed by atoms with van der Waals surface area (Å²) in [6, 6.07) is 1.25. The SMILES string of the molecule is CC1(C)COc2c([S@](N)(=O)=NC(=O)Nc3c4c(cc5c3C[C@@H](F)C5)CCC4)cnn21. The third-order valence-corrected chi connectivity index (χ3v) is 7.41. The second-order valence-electron chi connectivity index (χ2n) is 8.80. The van der Waals surface area contributed by atoms with Crippen LogP contribution in [0.25, 0.3) is 0 Å². The van der Waals surface area contributed by atoms with Crippen LogP contribution in [0, 0.1) is 0 Å². The lowest BCUT2D eigenvalue weighted by atomic mass is 9.99. The second kappa shape index (κ2) is 6.52. The van der Waals surface area contributed by atoms with Crippen molar-refractivity contribution >= 4 is 21.6 Å². The van der Waals surface area contributed by atoms with Crippen molar-refractivity contribution in [3.8, 4) is 5.88 Å². The number of benzene rings is 1. The Kier molecular flexibility index (Phi) is 4.24. The Balaban J connectivity index is 1.49. The third-order valence-electron chi connectivity index (χ3n) is 6.06. The third kappa shape index (κ3) is 3.01. The number of nitrogens with zero attached hydrogens (tertiary/aromatic N) is 3. The number of rotatable bonds is 2. The quantitative estimate of drug-likeness (QED) is 0.758. The minimum absolute atomic E-state index is 0.0931. The van der Waals surface area contributed by atoms with Crippen molar-refractivity contribution in [2.45, 2.75) is 62.6 Å². The molecule has 10 heteroatoms. The van der Waals surface area contributed by atoms with E-state index in [9.17, 15) is 13.4 Å². The van der Waals surface area contributed by atoms with Gasteiger partial charge in [-0.25, -0.2) is 23.2 Å². The Morgan fingerprint density at radius 3 is 2.97 bits per heavy atom. The molecule has 0 saturated heterocycles. The van der Waals surface area contributed by atoms with Crippen LogP contribution in [0.1, 0.15) is 42.5 Å². The molecule has 30 heavy (non-hydrogen) atoms. The Morgan fingerprint density at radius 2 is 2.17 bits per heavy atom. The summed E-state index contributed by atoms with van der Waals surface area (Å²) < 4.78 is 38.1. The summed E-state index contributed by atoms with van der Waals surface area (Å²) in [5, 5.41) is 12.9.